The Kier molecular flexibility index (Phi) is 5.30. The predicted molar refractivity (Wildman–Crippen MR) is 74.7 cm³/mol. The second-order valence-electron chi connectivity index (χ2n) is 5.02. The van der Waals surface area contributed by atoms with Gasteiger partial charge in [0.25, 0.3) is 5.91 Å². The van der Waals surface area contributed by atoms with Gasteiger partial charge in [-0.3, -0.25) is 9.59 Å². The van der Waals surface area contributed by atoms with E-state index in [2.05, 4.69) is 0 Å². The molecule has 0 radical (unpaired) electrons. The predicted octanol–water partition coefficient (Wildman–Crippen LogP) is 0.150. The number of amides is 1. The van der Waals surface area contributed by atoms with Crippen LogP contribution < -0.4 is 0 Å². The van der Waals surface area contributed by atoms with Gasteiger partial charge >= 0.3 is 5.97 Å². The van der Waals surface area contributed by atoms with Crippen molar-refractivity contribution in [2.75, 3.05) is 26.3 Å². The lowest BCUT2D eigenvalue weighted by Crippen LogP contribution is -2.49. The first-order chi connectivity index (χ1) is 10.1. The highest BCUT2D eigenvalue weighted by Crippen LogP contribution is 2.16. The molecule has 6 nitrogen and oxygen atoms in total. The summed E-state index contributed by atoms with van der Waals surface area (Å²) in [6, 6.07) is 8.98. The smallest absolute Gasteiger partial charge is 0.310 e. The van der Waals surface area contributed by atoms with Gasteiger partial charge in [-0.15, -0.1) is 0 Å². The van der Waals surface area contributed by atoms with E-state index in [-0.39, 0.29) is 6.42 Å². The molecule has 1 amide bonds. The van der Waals surface area contributed by atoms with Gasteiger partial charge in [-0.25, -0.2) is 0 Å². The third-order valence-corrected chi connectivity index (χ3v) is 3.57. The first-order valence-corrected chi connectivity index (χ1v) is 6.91. The quantitative estimate of drug-likeness (QED) is 0.807. The fourth-order valence-corrected chi connectivity index (χ4v) is 2.34. The van der Waals surface area contributed by atoms with E-state index in [1.165, 1.54) is 4.90 Å². The summed E-state index contributed by atoms with van der Waals surface area (Å²) in [4.78, 5) is 25.0. The van der Waals surface area contributed by atoms with Crippen molar-refractivity contribution in [2.45, 2.75) is 12.5 Å². The molecular weight excluding hydrogens is 274 g/mol. The largest absolute Gasteiger partial charge is 0.481 e. The molecule has 1 aromatic rings. The molecule has 2 atom stereocenters. The van der Waals surface area contributed by atoms with E-state index in [0.717, 1.165) is 5.56 Å². The molecule has 1 aromatic carbocycles. The third-order valence-electron chi connectivity index (χ3n) is 3.57. The highest BCUT2D eigenvalue weighted by Gasteiger charge is 2.35. The number of carboxylic acids is 1. The molecule has 114 valence electrons. The summed E-state index contributed by atoms with van der Waals surface area (Å²) in [7, 11) is 0. The standard InChI is InChI=1S/C15H19NO5/c17-13(14(18)16-6-8-21-9-7-16)12(15(19)20)10-11-4-2-1-3-5-11/h1-5,12-13,17H,6-10H2,(H,19,20)/t12-,13+/m1/s1. The number of carboxylic acid groups (broad SMARTS) is 1. The Morgan fingerprint density at radius 3 is 2.38 bits per heavy atom. The number of morpholine rings is 1. The molecule has 0 saturated carbocycles. The van der Waals surface area contributed by atoms with Gasteiger partial charge < -0.3 is 19.8 Å². The number of carbonyl (C=O) groups excluding carboxylic acids is 1. The van der Waals surface area contributed by atoms with Crippen LogP contribution in [0, 0.1) is 5.92 Å². The summed E-state index contributed by atoms with van der Waals surface area (Å²) in [5.74, 6) is -2.86. The van der Waals surface area contributed by atoms with Crippen LogP contribution in [-0.4, -0.2) is 59.4 Å². The minimum atomic E-state index is -1.54. The van der Waals surface area contributed by atoms with Crippen molar-refractivity contribution in [3.63, 3.8) is 0 Å². The van der Waals surface area contributed by atoms with Crippen molar-refractivity contribution in [3.8, 4) is 0 Å². The molecule has 1 aliphatic heterocycles. The molecular formula is C15H19NO5. The number of ether oxygens (including phenoxy) is 1. The molecule has 1 aliphatic rings. The second kappa shape index (κ2) is 7.19. The number of hydrogen-bond donors (Lipinski definition) is 2. The number of aliphatic hydroxyl groups excluding tert-OH is 1. The van der Waals surface area contributed by atoms with Crippen LogP contribution in [-0.2, 0) is 20.7 Å². The van der Waals surface area contributed by atoms with Crippen LogP contribution in [0.4, 0.5) is 0 Å². The van der Waals surface area contributed by atoms with Gasteiger partial charge in [0.1, 0.15) is 6.10 Å². The second-order valence-corrected chi connectivity index (χ2v) is 5.02. The fraction of sp³-hybridized carbons (Fsp3) is 0.467. The monoisotopic (exact) mass is 293 g/mol. The average molecular weight is 293 g/mol. The minimum Gasteiger partial charge on any atom is -0.481 e. The molecule has 0 spiro atoms. The van der Waals surface area contributed by atoms with Gasteiger partial charge in [0, 0.05) is 13.1 Å². The molecule has 1 heterocycles. The van der Waals surface area contributed by atoms with Gasteiger partial charge in [-0.05, 0) is 12.0 Å². The first kappa shape index (κ1) is 15.5. The van der Waals surface area contributed by atoms with Crippen LogP contribution in [0.25, 0.3) is 0 Å². The Bertz CT molecular complexity index is 484. The normalized spacial score (nSPS) is 18.0. The van der Waals surface area contributed by atoms with Crippen LogP contribution in [0.5, 0.6) is 0 Å². The molecule has 21 heavy (non-hydrogen) atoms. The molecule has 0 bridgehead atoms. The van der Waals surface area contributed by atoms with E-state index in [0.29, 0.717) is 26.3 Å². The highest BCUT2D eigenvalue weighted by molar-refractivity contribution is 5.86. The minimum absolute atomic E-state index is 0.118. The van der Waals surface area contributed by atoms with Crippen molar-refractivity contribution in [3.05, 3.63) is 35.9 Å². The van der Waals surface area contributed by atoms with Crippen molar-refractivity contribution < 1.29 is 24.5 Å². The van der Waals surface area contributed by atoms with Crippen molar-refractivity contribution in [2.24, 2.45) is 5.92 Å². The first-order valence-electron chi connectivity index (χ1n) is 6.91. The van der Waals surface area contributed by atoms with Gasteiger partial charge in [0.15, 0.2) is 0 Å². The number of aliphatic carboxylic acids is 1. The number of nitrogens with zero attached hydrogens (tertiary/aromatic N) is 1. The van der Waals surface area contributed by atoms with Gasteiger partial charge in [0.2, 0.25) is 0 Å². The van der Waals surface area contributed by atoms with E-state index >= 15 is 0 Å². The SMILES string of the molecule is O=C(O)[C@H](Cc1ccccc1)[C@H](O)C(=O)N1CCOCC1. The molecule has 1 saturated heterocycles. The van der Waals surface area contributed by atoms with E-state index < -0.39 is 23.9 Å². The topological polar surface area (TPSA) is 87.1 Å². The number of aliphatic hydroxyl groups is 1. The summed E-state index contributed by atoms with van der Waals surface area (Å²) >= 11 is 0. The Morgan fingerprint density at radius 2 is 1.81 bits per heavy atom. The lowest BCUT2D eigenvalue weighted by molar-refractivity contribution is -0.157. The maximum absolute atomic E-state index is 12.2. The molecule has 0 unspecified atom stereocenters. The lowest BCUT2D eigenvalue weighted by atomic mass is 9.93. The highest BCUT2D eigenvalue weighted by atomic mass is 16.5. The van der Waals surface area contributed by atoms with Crippen LogP contribution in [0.2, 0.25) is 0 Å². The summed E-state index contributed by atoms with van der Waals surface area (Å²) < 4.78 is 5.14. The van der Waals surface area contributed by atoms with Crippen LogP contribution in [0.1, 0.15) is 5.56 Å². The summed E-state index contributed by atoms with van der Waals surface area (Å²) in [5, 5.41) is 19.4. The zero-order chi connectivity index (χ0) is 15.2. The Balaban J connectivity index is 2.06. The molecule has 6 heteroatoms. The fourth-order valence-electron chi connectivity index (χ4n) is 2.34. The number of hydrogen-bond acceptors (Lipinski definition) is 4. The van der Waals surface area contributed by atoms with Gasteiger partial charge in [0.05, 0.1) is 19.1 Å². The Labute approximate surface area is 122 Å². The molecule has 2 rings (SSSR count). The molecule has 0 aromatic heterocycles. The average Bonchev–Trinajstić information content (AvgIpc) is 2.53. The maximum Gasteiger partial charge on any atom is 0.310 e. The van der Waals surface area contributed by atoms with Crippen molar-refractivity contribution >= 4 is 11.9 Å². The molecule has 1 fully saturated rings. The maximum atomic E-state index is 12.2. The van der Waals surface area contributed by atoms with E-state index in [4.69, 9.17) is 4.74 Å². The van der Waals surface area contributed by atoms with Gasteiger partial charge in [-0.2, -0.15) is 0 Å². The molecule has 0 aliphatic carbocycles. The Morgan fingerprint density at radius 1 is 1.19 bits per heavy atom. The van der Waals surface area contributed by atoms with Gasteiger partial charge in [-0.1, -0.05) is 30.3 Å². The summed E-state index contributed by atoms with van der Waals surface area (Å²) in [5.41, 5.74) is 0.777. The number of benzene rings is 1. The van der Waals surface area contributed by atoms with E-state index in [1.807, 2.05) is 6.07 Å². The lowest BCUT2D eigenvalue weighted by Gasteiger charge is -2.30. The van der Waals surface area contributed by atoms with Crippen LogP contribution >= 0.6 is 0 Å². The zero-order valence-electron chi connectivity index (χ0n) is 11.6. The van der Waals surface area contributed by atoms with Crippen molar-refractivity contribution in [1.82, 2.24) is 4.90 Å². The van der Waals surface area contributed by atoms with Crippen molar-refractivity contribution in [1.29, 1.82) is 0 Å². The van der Waals surface area contributed by atoms with E-state index in [9.17, 15) is 19.8 Å². The zero-order valence-corrected chi connectivity index (χ0v) is 11.6. The third kappa shape index (κ3) is 4.03. The summed E-state index contributed by atoms with van der Waals surface area (Å²) in [6.07, 6.45) is -1.42. The number of carbonyl (C=O) groups is 2. The number of rotatable bonds is 5. The Hall–Kier alpha value is -1.92. The molecule has 2 N–H and O–H groups in total. The van der Waals surface area contributed by atoms with Crippen LogP contribution in [0.3, 0.4) is 0 Å². The van der Waals surface area contributed by atoms with Crippen LogP contribution in [0.15, 0.2) is 30.3 Å². The summed E-state index contributed by atoms with van der Waals surface area (Å²) in [6.45, 7) is 1.59. The van der Waals surface area contributed by atoms with E-state index in [1.54, 1.807) is 24.3 Å².